The third-order valence-corrected chi connectivity index (χ3v) is 5.23. The Hall–Kier alpha value is -3.25. The molecule has 2 aliphatic rings. The molecule has 0 saturated carbocycles. The molecule has 0 unspecified atom stereocenters. The molecule has 4 rings (SSSR count). The van der Waals surface area contributed by atoms with Gasteiger partial charge in [-0.25, -0.2) is 0 Å². The smallest absolute Gasteiger partial charge is 0.205 e. The van der Waals surface area contributed by atoms with Gasteiger partial charge in [0.15, 0.2) is 0 Å². The van der Waals surface area contributed by atoms with Crippen molar-refractivity contribution in [2.75, 3.05) is 0 Å². The molecule has 3 heteroatoms. The molecule has 0 fully saturated rings. The van der Waals surface area contributed by atoms with Crippen molar-refractivity contribution in [2.24, 2.45) is 11.7 Å². The second-order valence-electron chi connectivity index (χ2n) is 7.28. The second-order valence-corrected chi connectivity index (χ2v) is 7.28. The van der Waals surface area contributed by atoms with Crippen LogP contribution in [0, 0.1) is 17.2 Å². The van der Waals surface area contributed by atoms with Crippen LogP contribution in [-0.4, -0.2) is 0 Å². The molecule has 27 heavy (non-hydrogen) atoms. The summed E-state index contributed by atoms with van der Waals surface area (Å²) in [6.07, 6.45) is 4.02. The number of hydrogen-bond acceptors (Lipinski definition) is 3. The monoisotopic (exact) mass is 354 g/mol. The molecule has 0 spiro atoms. The van der Waals surface area contributed by atoms with Gasteiger partial charge in [-0.2, -0.15) is 5.26 Å². The van der Waals surface area contributed by atoms with Crippen LogP contribution in [0.3, 0.4) is 0 Å². The number of nitriles is 1. The zero-order valence-corrected chi connectivity index (χ0v) is 15.4. The van der Waals surface area contributed by atoms with Crippen LogP contribution < -0.4 is 5.73 Å². The van der Waals surface area contributed by atoms with Gasteiger partial charge < -0.3 is 10.5 Å². The highest BCUT2D eigenvalue weighted by atomic mass is 16.5. The van der Waals surface area contributed by atoms with Gasteiger partial charge in [-0.1, -0.05) is 67.6 Å². The van der Waals surface area contributed by atoms with Crippen LogP contribution in [0.1, 0.15) is 36.8 Å². The van der Waals surface area contributed by atoms with E-state index in [1.807, 2.05) is 36.4 Å². The predicted octanol–water partition coefficient (Wildman–Crippen LogP) is 5.26. The number of nitrogens with zero attached hydrogens (tertiary/aromatic N) is 1. The van der Waals surface area contributed by atoms with Gasteiger partial charge in [0.1, 0.15) is 17.4 Å². The van der Waals surface area contributed by atoms with Gasteiger partial charge in [-0.15, -0.1) is 0 Å². The van der Waals surface area contributed by atoms with Crippen molar-refractivity contribution in [3.63, 3.8) is 0 Å². The summed E-state index contributed by atoms with van der Waals surface area (Å²) in [5.74, 6) is 1.41. The van der Waals surface area contributed by atoms with Crippen molar-refractivity contribution in [3.8, 4) is 6.07 Å². The van der Waals surface area contributed by atoms with E-state index in [1.165, 1.54) is 0 Å². The molecular formula is C24H22N2O. The standard InChI is InChI=1S/C24H22N2O/c1-16-12-19(14-17-8-4-2-5-9-17)23-20(13-16)22(18-10-6-3-7-11-18)21(15-25)24(26)27-23/h2-11,14,16,22H,12-13,26H2,1H3/t16-,22+/m0/s1. The Kier molecular flexibility index (Phi) is 4.56. The van der Waals surface area contributed by atoms with Gasteiger partial charge in [0.25, 0.3) is 0 Å². The van der Waals surface area contributed by atoms with E-state index in [2.05, 4.69) is 43.3 Å². The molecule has 0 aromatic heterocycles. The molecule has 3 nitrogen and oxygen atoms in total. The Morgan fingerprint density at radius 2 is 1.70 bits per heavy atom. The lowest BCUT2D eigenvalue weighted by Crippen LogP contribution is -2.25. The van der Waals surface area contributed by atoms with E-state index in [-0.39, 0.29) is 11.8 Å². The summed E-state index contributed by atoms with van der Waals surface area (Å²) < 4.78 is 6.02. The maximum absolute atomic E-state index is 9.75. The molecule has 1 aliphatic heterocycles. The van der Waals surface area contributed by atoms with E-state index in [4.69, 9.17) is 10.5 Å². The van der Waals surface area contributed by atoms with E-state index in [1.54, 1.807) is 0 Å². The summed E-state index contributed by atoms with van der Waals surface area (Å²) >= 11 is 0. The van der Waals surface area contributed by atoms with Gasteiger partial charge >= 0.3 is 0 Å². The van der Waals surface area contributed by atoms with E-state index in [0.717, 1.165) is 40.9 Å². The molecule has 0 bridgehead atoms. The minimum Gasteiger partial charge on any atom is -0.440 e. The Morgan fingerprint density at radius 3 is 2.37 bits per heavy atom. The number of allylic oxidation sites excluding steroid dienone is 3. The molecule has 0 saturated heterocycles. The first-order valence-corrected chi connectivity index (χ1v) is 9.29. The molecule has 2 atom stereocenters. The SMILES string of the molecule is C[C@H]1CC(=Cc2ccccc2)C2=C(C1)[C@@H](c1ccccc1)C(C#N)=C(N)O2. The van der Waals surface area contributed by atoms with Gasteiger partial charge in [-0.05, 0) is 47.1 Å². The molecule has 0 radical (unpaired) electrons. The van der Waals surface area contributed by atoms with E-state index in [0.29, 0.717) is 11.5 Å². The molecule has 1 heterocycles. The Bertz CT molecular complexity index is 978. The Balaban J connectivity index is 1.87. The van der Waals surface area contributed by atoms with Crippen LogP contribution in [0.2, 0.25) is 0 Å². The third kappa shape index (κ3) is 3.27. The fraction of sp³-hybridized carbons (Fsp3) is 0.208. The van der Waals surface area contributed by atoms with E-state index >= 15 is 0 Å². The number of rotatable bonds is 2. The topological polar surface area (TPSA) is 59.0 Å². The van der Waals surface area contributed by atoms with Crippen molar-refractivity contribution in [3.05, 3.63) is 100 Å². The summed E-state index contributed by atoms with van der Waals surface area (Å²) in [5.41, 5.74) is 11.2. The highest BCUT2D eigenvalue weighted by Crippen LogP contribution is 2.48. The highest BCUT2D eigenvalue weighted by molar-refractivity contribution is 5.62. The Morgan fingerprint density at radius 1 is 1.04 bits per heavy atom. The summed E-state index contributed by atoms with van der Waals surface area (Å²) in [4.78, 5) is 0. The second kappa shape index (κ2) is 7.17. The minimum absolute atomic E-state index is 0.137. The summed E-state index contributed by atoms with van der Waals surface area (Å²) in [5, 5.41) is 9.75. The van der Waals surface area contributed by atoms with E-state index < -0.39 is 0 Å². The van der Waals surface area contributed by atoms with Gasteiger partial charge in [0.2, 0.25) is 5.88 Å². The van der Waals surface area contributed by atoms with Crippen LogP contribution in [0.15, 0.2) is 89.0 Å². The number of ether oxygens (including phenoxy) is 1. The fourth-order valence-corrected chi connectivity index (χ4v) is 4.08. The van der Waals surface area contributed by atoms with Crippen LogP contribution >= 0.6 is 0 Å². The summed E-state index contributed by atoms with van der Waals surface area (Å²) in [6, 6.07) is 22.7. The van der Waals surface area contributed by atoms with Crippen molar-refractivity contribution >= 4 is 6.08 Å². The Labute approximate surface area is 160 Å². The zero-order chi connectivity index (χ0) is 18.8. The first kappa shape index (κ1) is 17.2. The van der Waals surface area contributed by atoms with Crippen molar-refractivity contribution in [1.29, 1.82) is 5.26 Å². The average molecular weight is 354 g/mol. The fourth-order valence-electron chi connectivity index (χ4n) is 4.08. The number of benzene rings is 2. The van der Waals surface area contributed by atoms with Crippen molar-refractivity contribution in [2.45, 2.75) is 25.7 Å². The van der Waals surface area contributed by atoms with Crippen molar-refractivity contribution < 1.29 is 4.74 Å². The number of hydrogen-bond donors (Lipinski definition) is 1. The van der Waals surface area contributed by atoms with Crippen LogP contribution in [0.25, 0.3) is 6.08 Å². The first-order chi connectivity index (χ1) is 13.2. The van der Waals surface area contributed by atoms with Crippen molar-refractivity contribution in [1.82, 2.24) is 0 Å². The lowest BCUT2D eigenvalue weighted by Gasteiger charge is -2.35. The number of nitrogens with two attached hydrogens (primary N) is 1. The first-order valence-electron chi connectivity index (χ1n) is 9.29. The largest absolute Gasteiger partial charge is 0.440 e. The molecule has 2 aromatic rings. The lowest BCUT2D eigenvalue weighted by molar-refractivity contribution is 0.268. The van der Waals surface area contributed by atoms with E-state index in [9.17, 15) is 5.26 Å². The average Bonchev–Trinajstić information content (AvgIpc) is 2.69. The van der Waals surface area contributed by atoms with Gasteiger partial charge in [-0.3, -0.25) is 0 Å². The predicted molar refractivity (Wildman–Crippen MR) is 107 cm³/mol. The molecule has 0 amide bonds. The quantitative estimate of drug-likeness (QED) is 0.800. The van der Waals surface area contributed by atoms with Crippen LogP contribution in [0.4, 0.5) is 0 Å². The third-order valence-electron chi connectivity index (χ3n) is 5.23. The maximum Gasteiger partial charge on any atom is 0.205 e. The molecular weight excluding hydrogens is 332 g/mol. The highest BCUT2D eigenvalue weighted by Gasteiger charge is 2.37. The molecule has 1 aliphatic carbocycles. The zero-order valence-electron chi connectivity index (χ0n) is 15.4. The molecule has 2 aromatic carbocycles. The van der Waals surface area contributed by atoms with Crippen LogP contribution in [0.5, 0.6) is 0 Å². The maximum atomic E-state index is 9.75. The van der Waals surface area contributed by atoms with Gasteiger partial charge in [0.05, 0.1) is 0 Å². The van der Waals surface area contributed by atoms with Gasteiger partial charge in [0, 0.05) is 5.92 Å². The summed E-state index contributed by atoms with van der Waals surface area (Å²) in [6.45, 7) is 2.25. The minimum atomic E-state index is -0.137. The molecule has 2 N–H and O–H groups in total. The lowest BCUT2D eigenvalue weighted by atomic mass is 9.74. The normalized spacial score (nSPS) is 23.6. The summed E-state index contributed by atoms with van der Waals surface area (Å²) in [7, 11) is 0. The van der Waals surface area contributed by atoms with Crippen LogP contribution in [-0.2, 0) is 4.74 Å². The molecule has 134 valence electrons.